The van der Waals surface area contributed by atoms with Crippen LogP contribution in [0.1, 0.15) is 15.9 Å². The summed E-state index contributed by atoms with van der Waals surface area (Å²) in [5.74, 6) is 0.600. The summed E-state index contributed by atoms with van der Waals surface area (Å²) < 4.78 is 16.3. The van der Waals surface area contributed by atoms with Crippen LogP contribution in [0.25, 0.3) is 0 Å². The lowest BCUT2D eigenvalue weighted by molar-refractivity contribution is -0.0292. The Morgan fingerprint density at radius 1 is 1.25 bits per heavy atom. The second kappa shape index (κ2) is 9.78. The van der Waals surface area contributed by atoms with Gasteiger partial charge in [-0.3, -0.25) is 9.69 Å². The molecule has 0 saturated carbocycles. The lowest BCUT2D eigenvalue weighted by Gasteiger charge is -2.33. The number of halogens is 1. The molecule has 3 rings (SSSR count). The van der Waals surface area contributed by atoms with E-state index in [1.165, 1.54) is 19.8 Å². The van der Waals surface area contributed by atoms with E-state index < -0.39 is 0 Å². The summed E-state index contributed by atoms with van der Waals surface area (Å²) in [6.07, 6.45) is -0.0583. The number of carbonyl (C=O) groups is 1. The number of hydrogen-bond acceptors (Lipinski definition) is 5. The quantitative estimate of drug-likeness (QED) is 0.768. The molecule has 2 aromatic carbocycles. The molecule has 1 atom stereocenters. The van der Waals surface area contributed by atoms with Gasteiger partial charge in [-0.25, -0.2) is 0 Å². The number of methoxy groups -OCH3 is 2. The smallest absolute Gasteiger partial charge is 0.251 e. The van der Waals surface area contributed by atoms with Crippen LogP contribution < -0.4 is 14.8 Å². The van der Waals surface area contributed by atoms with E-state index in [-0.39, 0.29) is 12.0 Å². The summed E-state index contributed by atoms with van der Waals surface area (Å²) in [4.78, 5) is 14.9. The maximum absolute atomic E-state index is 12.5. The zero-order chi connectivity index (χ0) is 19.9. The number of benzene rings is 2. The first-order chi connectivity index (χ1) is 13.6. The summed E-state index contributed by atoms with van der Waals surface area (Å²) in [5, 5.41) is 3.25. The molecular weight excluding hydrogens is 380 g/mol. The third kappa shape index (κ3) is 5.16. The standard InChI is InChI=1S/C21H25ClN2O4/c1-26-19-11-16(10-18(22)20(19)27-2)21(25)23-12-17-14-24(8-9-28-17)13-15-6-4-3-5-7-15/h3-7,10-11,17H,8-9,12-14H2,1-2H3,(H,23,25). The number of nitrogens with zero attached hydrogens (tertiary/aromatic N) is 1. The van der Waals surface area contributed by atoms with Crippen LogP contribution in [0.4, 0.5) is 0 Å². The number of carbonyl (C=O) groups excluding carboxylic acids is 1. The van der Waals surface area contributed by atoms with Gasteiger partial charge in [0.15, 0.2) is 11.5 Å². The van der Waals surface area contributed by atoms with Gasteiger partial charge >= 0.3 is 0 Å². The minimum absolute atomic E-state index is 0.0583. The summed E-state index contributed by atoms with van der Waals surface area (Å²) >= 11 is 6.19. The Kier molecular flexibility index (Phi) is 7.14. The molecule has 0 radical (unpaired) electrons. The van der Waals surface area contributed by atoms with Crippen molar-refractivity contribution in [2.24, 2.45) is 0 Å². The second-order valence-corrected chi connectivity index (χ2v) is 7.02. The zero-order valence-electron chi connectivity index (χ0n) is 16.1. The van der Waals surface area contributed by atoms with Gasteiger partial charge in [0.1, 0.15) is 0 Å². The van der Waals surface area contributed by atoms with Gasteiger partial charge in [-0.2, -0.15) is 0 Å². The lowest BCUT2D eigenvalue weighted by atomic mass is 10.1. The van der Waals surface area contributed by atoms with E-state index in [4.69, 9.17) is 25.8 Å². The van der Waals surface area contributed by atoms with E-state index >= 15 is 0 Å². The van der Waals surface area contributed by atoms with Crippen molar-refractivity contribution in [1.82, 2.24) is 10.2 Å². The van der Waals surface area contributed by atoms with Crippen LogP contribution in [0.3, 0.4) is 0 Å². The number of nitrogens with one attached hydrogen (secondary N) is 1. The van der Waals surface area contributed by atoms with Crippen molar-refractivity contribution in [3.8, 4) is 11.5 Å². The van der Waals surface area contributed by atoms with Gasteiger partial charge in [0.25, 0.3) is 5.91 Å². The van der Waals surface area contributed by atoms with E-state index in [1.54, 1.807) is 12.1 Å². The number of amides is 1. The van der Waals surface area contributed by atoms with Crippen molar-refractivity contribution >= 4 is 17.5 Å². The third-order valence-electron chi connectivity index (χ3n) is 4.66. The van der Waals surface area contributed by atoms with Gasteiger partial charge in [-0.05, 0) is 17.7 Å². The van der Waals surface area contributed by atoms with Crippen LogP contribution in [0.15, 0.2) is 42.5 Å². The molecule has 6 nitrogen and oxygen atoms in total. The molecule has 0 spiro atoms. The topological polar surface area (TPSA) is 60.0 Å². The number of morpholine rings is 1. The van der Waals surface area contributed by atoms with Crippen LogP contribution in [0, 0.1) is 0 Å². The van der Waals surface area contributed by atoms with E-state index in [2.05, 4.69) is 22.3 Å². The molecule has 0 aliphatic carbocycles. The fraction of sp³-hybridized carbons (Fsp3) is 0.381. The van der Waals surface area contributed by atoms with Gasteiger partial charge in [0.2, 0.25) is 0 Å². The highest BCUT2D eigenvalue weighted by molar-refractivity contribution is 6.32. The maximum atomic E-state index is 12.5. The largest absolute Gasteiger partial charge is 0.493 e. The van der Waals surface area contributed by atoms with E-state index in [0.29, 0.717) is 35.2 Å². The summed E-state index contributed by atoms with van der Waals surface area (Å²) in [6, 6.07) is 13.5. The molecule has 1 aliphatic heterocycles. The summed E-state index contributed by atoms with van der Waals surface area (Å²) in [6.45, 7) is 3.60. The Hall–Kier alpha value is -2.28. The normalized spacial score (nSPS) is 17.2. The van der Waals surface area contributed by atoms with E-state index in [1.807, 2.05) is 18.2 Å². The molecule has 1 aliphatic rings. The average Bonchev–Trinajstić information content (AvgIpc) is 2.72. The molecule has 7 heteroatoms. The van der Waals surface area contributed by atoms with Crippen LogP contribution in [0.2, 0.25) is 5.02 Å². The summed E-state index contributed by atoms with van der Waals surface area (Å²) in [7, 11) is 3.01. The van der Waals surface area contributed by atoms with Crippen molar-refractivity contribution in [1.29, 1.82) is 0 Å². The Morgan fingerprint density at radius 3 is 2.75 bits per heavy atom. The molecule has 1 unspecified atom stereocenters. The monoisotopic (exact) mass is 404 g/mol. The molecule has 1 saturated heterocycles. The molecule has 2 aromatic rings. The summed E-state index contributed by atoms with van der Waals surface area (Å²) in [5.41, 5.74) is 1.69. The van der Waals surface area contributed by atoms with Gasteiger partial charge < -0.3 is 19.5 Å². The third-order valence-corrected chi connectivity index (χ3v) is 4.94. The van der Waals surface area contributed by atoms with Crippen molar-refractivity contribution in [2.45, 2.75) is 12.6 Å². The van der Waals surface area contributed by atoms with Crippen LogP contribution in [0.5, 0.6) is 11.5 Å². The van der Waals surface area contributed by atoms with Gasteiger partial charge in [0, 0.05) is 31.7 Å². The van der Waals surface area contributed by atoms with Crippen LogP contribution in [-0.2, 0) is 11.3 Å². The Morgan fingerprint density at radius 2 is 2.04 bits per heavy atom. The molecule has 1 heterocycles. The molecule has 0 bridgehead atoms. The molecule has 1 fully saturated rings. The Balaban J connectivity index is 1.56. The van der Waals surface area contributed by atoms with Crippen LogP contribution >= 0.6 is 11.6 Å². The molecule has 0 aromatic heterocycles. The van der Waals surface area contributed by atoms with Crippen molar-refractivity contribution in [3.05, 3.63) is 58.6 Å². The molecular formula is C21H25ClN2O4. The molecule has 1 N–H and O–H groups in total. The second-order valence-electron chi connectivity index (χ2n) is 6.62. The number of ether oxygens (including phenoxy) is 3. The highest BCUT2D eigenvalue weighted by Gasteiger charge is 2.22. The van der Waals surface area contributed by atoms with Gasteiger partial charge in [-0.1, -0.05) is 41.9 Å². The highest BCUT2D eigenvalue weighted by Crippen LogP contribution is 2.35. The predicted octanol–water partition coefficient (Wildman–Crippen LogP) is 2.99. The first-order valence-electron chi connectivity index (χ1n) is 9.18. The Bertz CT molecular complexity index is 800. The lowest BCUT2D eigenvalue weighted by Crippen LogP contribution is -2.47. The first-order valence-corrected chi connectivity index (χ1v) is 9.56. The van der Waals surface area contributed by atoms with Gasteiger partial charge in [0.05, 0.1) is 32.0 Å². The minimum Gasteiger partial charge on any atom is -0.493 e. The fourth-order valence-corrected chi connectivity index (χ4v) is 3.53. The fourth-order valence-electron chi connectivity index (χ4n) is 3.25. The maximum Gasteiger partial charge on any atom is 0.251 e. The van der Waals surface area contributed by atoms with E-state index in [9.17, 15) is 4.79 Å². The average molecular weight is 405 g/mol. The van der Waals surface area contributed by atoms with E-state index in [0.717, 1.165) is 19.6 Å². The van der Waals surface area contributed by atoms with Crippen molar-refractivity contribution in [2.75, 3.05) is 40.5 Å². The molecule has 150 valence electrons. The van der Waals surface area contributed by atoms with Gasteiger partial charge in [-0.15, -0.1) is 0 Å². The molecule has 1 amide bonds. The minimum atomic E-state index is -0.230. The Labute approximate surface area is 170 Å². The van der Waals surface area contributed by atoms with Crippen molar-refractivity contribution < 1.29 is 19.0 Å². The predicted molar refractivity (Wildman–Crippen MR) is 108 cm³/mol. The van der Waals surface area contributed by atoms with Crippen molar-refractivity contribution in [3.63, 3.8) is 0 Å². The highest BCUT2D eigenvalue weighted by atomic mass is 35.5. The molecule has 28 heavy (non-hydrogen) atoms. The zero-order valence-corrected chi connectivity index (χ0v) is 16.9. The van der Waals surface area contributed by atoms with Crippen LogP contribution in [-0.4, -0.2) is 57.4 Å². The SMILES string of the molecule is COc1cc(C(=O)NCC2CN(Cc3ccccc3)CCO2)cc(Cl)c1OC. The first kappa shape index (κ1) is 20.5. The number of rotatable bonds is 7. The number of hydrogen-bond donors (Lipinski definition) is 1.